The molecule has 0 saturated carbocycles. The zero-order valence-electron chi connectivity index (χ0n) is 9.00. The molecule has 0 aromatic rings. The molecule has 0 aromatic heterocycles. The second kappa shape index (κ2) is 5.87. The second-order valence-corrected chi connectivity index (χ2v) is 5.60. The van der Waals surface area contributed by atoms with Crippen LogP contribution < -0.4 is 5.73 Å². The van der Waals surface area contributed by atoms with E-state index in [2.05, 4.69) is 34.6 Å². The molecule has 0 saturated heterocycles. The highest BCUT2D eigenvalue weighted by atomic mass is 32.2. The van der Waals surface area contributed by atoms with Crippen LogP contribution in [0.3, 0.4) is 0 Å². The van der Waals surface area contributed by atoms with Gasteiger partial charge < -0.3 is 5.73 Å². The molecule has 2 heteroatoms. The van der Waals surface area contributed by atoms with Crippen molar-refractivity contribution in [2.24, 2.45) is 17.6 Å². The molecule has 74 valence electrons. The third kappa shape index (κ3) is 5.04. The van der Waals surface area contributed by atoms with Crippen molar-refractivity contribution in [1.29, 1.82) is 0 Å². The van der Waals surface area contributed by atoms with Gasteiger partial charge in [0.15, 0.2) is 0 Å². The fourth-order valence-electron chi connectivity index (χ4n) is 0.648. The molecule has 0 bridgehead atoms. The van der Waals surface area contributed by atoms with E-state index in [0.29, 0.717) is 12.0 Å². The third-order valence-corrected chi connectivity index (χ3v) is 3.99. The summed E-state index contributed by atoms with van der Waals surface area (Å²) in [5, 5.41) is 0.731. The lowest BCUT2D eigenvalue weighted by atomic mass is 10.1. The molecular formula is C10H23NS. The maximum absolute atomic E-state index is 5.94. The van der Waals surface area contributed by atoms with Crippen LogP contribution >= 0.6 is 11.8 Å². The minimum Gasteiger partial charge on any atom is -0.327 e. The van der Waals surface area contributed by atoms with Crippen molar-refractivity contribution in [1.82, 2.24) is 0 Å². The molecule has 1 nitrogen and oxygen atoms in total. The summed E-state index contributed by atoms with van der Waals surface area (Å²) in [7, 11) is 0. The molecule has 0 spiro atoms. The average Bonchev–Trinajstić information content (AvgIpc) is 1.98. The molecule has 0 fully saturated rings. The van der Waals surface area contributed by atoms with Crippen molar-refractivity contribution in [3.05, 3.63) is 0 Å². The highest BCUT2D eigenvalue weighted by molar-refractivity contribution is 7.99. The van der Waals surface area contributed by atoms with E-state index < -0.39 is 0 Å². The second-order valence-electron chi connectivity index (χ2n) is 4.19. The number of thioether (sulfide) groups is 1. The van der Waals surface area contributed by atoms with Gasteiger partial charge in [-0.3, -0.25) is 0 Å². The Kier molecular flexibility index (Phi) is 6.02. The lowest BCUT2D eigenvalue weighted by Crippen LogP contribution is -2.30. The number of nitrogens with two attached hydrogens (primary N) is 1. The Morgan fingerprint density at radius 1 is 1.00 bits per heavy atom. The van der Waals surface area contributed by atoms with Crippen molar-refractivity contribution in [2.45, 2.75) is 45.9 Å². The Labute approximate surface area is 81.5 Å². The van der Waals surface area contributed by atoms with Gasteiger partial charge in [0.2, 0.25) is 0 Å². The third-order valence-electron chi connectivity index (χ3n) is 2.35. The Balaban J connectivity index is 3.54. The SMILES string of the molecule is CC(C)C(N)CSC(C)C(C)C. The van der Waals surface area contributed by atoms with Gasteiger partial charge in [-0.2, -0.15) is 11.8 Å². The minimum absolute atomic E-state index is 0.358. The van der Waals surface area contributed by atoms with Crippen LogP contribution in [0.4, 0.5) is 0 Å². The highest BCUT2D eigenvalue weighted by Crippen LogP contribution is 2.20. The molecule has 0 aromatic carbocycles. The normalized spacial score (nSPS) is 17.0. The first-order valence-electron chi connectivity index (χ1n) is 4.82. The summed E-state index contributed by atoms with van der Waals surface area (Å²) in [6.45, 7) is 11.2. The largest absolute Gasteiger partial charge is 0.327 e. The molecule has 0 aliphatic rings. The van der Waals surface area contributed by atoms with E-state index in [9.17, 15) is 0 Å². The van der Waals surface area contributed by atoms with Crippen LogP contribution in [0.2, 0.25) is 0 Å². The molecule has 12 heavy (non-hydrogen) atoms. The first-order chi connectivity index (χ1) is 5.45. The standard InChI is InChI=1S/C10H23NS/c1-7(2)9(5)12-6-10(11)8(3)4/h7-10H,6,11H2,1-5H3. The van der Waals surface area contributed by atoms with Gasteiger partial charge in [0.1, 0.15) is 0 Å². The summed E-state index contributed by atoms with van der Waals surface area (Å²) in [4.78, 5) is 0. The van der Waals surface area contributed by atoms with E-state index >= 15 is 0 Å². The first-order valence-corrected chi connectivity index (χ1v) is 5.87. The summed E-state index contributed by atoms with van der Waals surface area (Å²) in [5.74, 6) is 2.46. The molecule has 0 radical (unpaired) electrons. The maximum atomic E-state index is 5.94. The van der Waals surface area contributed by atoms with Crippen LogP contribution in [0, 0.1) is 11.8 Å². The molecule has 0 amide bonds. The summed E-state index contributed by atoms with van der Waals surface area (Å²) in [5.41, 5.74) is 5.94. The molecule has 0 aliphatic carbocycles. The number of rotatable bonds is 5. The van der Waals surface area contributed by atoms with E-state index in [1.807, 2.05) is 11.8 Å². The van der Waals surface area contributed by atoms with E-state index in [1.54, 1.807) is 0 Å². The van der Waals surface area contributed by atoms with Crippen LogP contribution in [0.5, 0.6) is 0 Å². The van der Waals surface area contributed by atoms with Gasteiger partial charge in [0.25, 0.3) is 0 Å². The smallest absolute Gasteiger partial charge is 0.0153 e. The van der Waals surface area contributed by atoms with Gasteiger partial charge in [-0.15, -0.1) is 0 Å². The van der Waals surface area contributed by atoms with Crippen LogP contribution in [-0.2, 0) is 0 Å². The molecular weight excluding hydrogens is 166 g/mol. The molecule has 2 unspecified atom stereocenters. The van der Waals surface area contributed by atoms with Crippen LogP contribution in [-0.4, -0.2) is 17.0 Å². The Morgan fingerprint density at radius 2 is 1.50 bits per heavy atom. The zero-order chi connectivity index (χ0) is 9.72. The van der Waals surface area contributed by atoms with E-state index in [-0.39, 0.29) is 0 Å². The topological polar surface area (TPSA) is 26.0 Å². The quantitative estimate of drug-likeness (QED) is 0.719. The first kappa shape index (κ1) is 12.3. The van der Waals surface area contributed by atoms with Crippen LogP contribution in [0.15, 0.2) is 0 Å². The molecule has 0 heterocycles. The fourth-order valence-corrected chi connectivity index (χ4v) is 1.94. The average molecular weight is 189 g/mol. The fraction of sp³-hybridized carbons (Fsp3) is 1.00. The Morgan fingerprint density at radius 3 is 1.83 bits per heavy atom. The molecule has 0 aliphatic heterocycles. The maximum Gasteiger partial charge on any atom is 0.0153 e. The molecule has 2 atom stereocenters. The lowest BCUT2D eigenvalue weighted by Gasteiger charge is -2.20. The Bertz CT molecular complexity index is 98.4. The van der Waals surface area contributed by atoms with Gasteiger partial charge in [0, 0.05) is 17.0 Å². The van der Waals surface area contributed by atoms with Gasteiger partial charge in [-0.25, -0.2) is 0 Å². The Hall–Kier alpha value is 0.310. The zero-order valence-corrected chi connectivity index (χ0v) is 9.82. The van der Waals surface area contributed by atoms with Crippen LogP contribution in [0.1, 0.15) is 34.6 Å². The summed E-state index contributed by atoms with van der Waals surface area (Å²) >= 11 is 2.00. The van der Waals surface area contributed by atoms with Crippen molar-refractivity contribution < 1.29 is 0 Å². The summed E-state index contributed by atoms with van der Waals surface area (Å²) in [6, 6.07) is 0.358. The van der Waals surface area contributed by atoms with Crippen molar-refractivity contribution >= 4 is 11.8 Å². The van der Waals surface area contributed by atoms with Crippen molar-refractivity contribution in [3.63, 3.8) is 0 Å². The van der Waals surface area contributed by atoms with Gasteiger partial charge in [0.05, 0.1) is 0 Å². The monoisotopic (exact) mass is 189 g/mol. The predicted molar refractivity (Wildman–Crippen MR) is 59.6 cm³/mol. The number of hydrogen-bond acceptors (Lipinski definition) is 2. The van der Waals surface area contributed by atoms with E-state index in [0.717, 1.165) is 16.9 Å². The minimum atomic E-state index is 0.358. The molecule has 0 rings (SSSR count). The van der Waals surface area contributed by atoms with E-state index in [4.69, 9.17) is 5.73 Å². The van der Waals surface area contributed by atoms with Gasteiger partial charge >= 0.3 is 0 Å². The molecule has 2 N–H and O–H groups in total. The van der Waals surface area contributed by atoms with Gasteiger partial charge in [-0.1, -0.05) is 34.6 Å². The number of hydrogen-bond donors (Lipinski definition) is 1. The summed E-state index contributed by atoms with van der Waals surface area (Å²) < 4.78 is 0. The van der Waals surface area contributed by atoms with E-state index in [1.165, 1.54) is 0 Å². The highest BCUT2D eigenvalue weighted by Gasteiger charge is 2.12. The van der Waals surface area contributed by atoms with Gasteiger partial charge in [-0.05, 0) is 11.8 Å². The van der Waals surface area contributed by atoms with Crippen LogP contribution in [0.25, 0.3) is 0 Å². The van der Waals surface area contributed by atoms with Crippen molar-refractivity contribution in [3.8, 4) is 0 Å². The lowest BCUT2D eigenvalue weighted by molar-refractivity contribution is 0.533. The van der Waals surface area contributed by atoms with Crippen molar-refractivity contribution in [2.75, 3.05) is 5.75 Å². The predicted octanol–water partition coefficient (Wildman–Crippen LogP) is 2.75. The summed E-state index contributed by atoms with van der Waals surface area (Å²) in [6.07, 6.45) is 0.